The third-order valence-electron chi connectivity index (χ3n) is 7.66. The van der Waals surface area contributed by atoms with Gasteiger partial charge in [0, 0.05) is 20.2 Å². The van der Waals surface area contributed by atoms with Gasteiger partial charge in [-0.3, -0.25) is 0 Å². The number of rotatable bonds is 2. The van der Waals surface area contributed by atoms with Crippen LogP contribution in [0.15, 0.2) is 133 Å². The highest BCUT2D eigenvalue weighted by molar-refractivity contribution is 7.26. The third kappa shape index (κ3) is 3.36. The zero-order valence-corrected chi connectivity index (χ0v) is 20.9. The minimum atomic E-state index is 0. The van der Waals surface area contributed by atoms with Crippen LogP contribution in [0.2, 0.25) is 0 Å². The average molecular weight is 503 g/mol. The fraction of sp³-hybridized carbons (Fsp3) is 0.0270. The van der Waals surface area contributed by atoms with E-state index >= 15 is 0 Å². The van der Waals surface area contributed by atoms with E-state index in [4.69, 9.17) is 0 Å². The highest BCUT2D eigenvalue weighted by Crippen LogP contribution is 2.41. The fourth-order valence-corrected chi connectivity index (χ4v) is 7.17. The number of thiophene rings is 1. The molecule has 1 heteroatoms. The molecule has 0 unspecified atom stereocenters. The van der Waals surface area contributed by atoms with Crippen LogP contribution in [0.25, 0.3) is 74.7 Å². The Morgan fingerprint density at radius 1 is 0.342 bits per heavy atom. The zero-order valence-electron chi connectivity index (χ0n) is 20.1. The van der Waals surface area contributed by atoms with Crippen LogP contribution in [-0.4, -0.2) is 0 Å². The molecule has 0 aliphatic rings. The summed E-state index contributed by atoms with van der Waals surface area (Å²) in [6.07, 6.45) is 0. The maximum atomic E-state index is 2.38. The molecule has 7 aromatic carbocycles. The maximum Gasteiger partial charge on any atom is 0.0433 e. The smallest absolute Gasteiger partial charge is 0.0433 e. The minimum Gasteiger partial charge on any atom is -0.135 e. The molecule has 8 aromatic rings. The summed E-state index contributed by atoms with van der Waals surface area (Å²) in [7, 11) is 0. The van der Waals surface area contributed by atoms with Gasteiger partial charge >= 0.3 is 0 Å². The van der Waals surface area contributed by atoms with Crippen LogP contribution in [0.5, 0.6) is 0 Å². The number of fused-ring (bicyclic) bond motifs is 9. The van der Waals surface area contributed by atoms with Gasteiger partial charge in [0.1, 0.15) is 0 Å². The average Bonchev–Trinajstić information content (AvgIpc) is 3.36. The predicted molar refractivity (Wildman–Crippen MR) is 169 cm³/mol. The molecule has 0 nitrogen and oxygen atoms in total. The third-order valence-corrected chi connectivity index (χ3v) is 8.88. The highest BCUT2D eigenvalue weighted by atomic mass is 32.1. The first-order valence-electron chi connectivity index (χ1n) is 12.7. The monoisotopic (exact) mass is 502 g/mol. The highest BCUT2D eigenvalue weighted by Gasteiger charge is 2.12. The van der Waals surface area contributed by atoms with Crippen LogP contribution in [-0.2, 0) is 0 Å². The number of hydrogen-bond donors (Lipinski definition) is 0. The second kappa shape index (κ2) is 8.83. The van der Waals surface area contributed by atoms with Gasteiger partial charge in [-0.2, -0.15) is 0 Å². The first-order chi connectivity index (χ1) is 18.3. The second-order valence-electron chi connectivity index (χ2n) is 9.71. The molecule has 0 radical (unpaired) electrons. The van der Waals surface area contributed by atoms with E-state index in [1.54, 1.807) is 0 Å². The Hall–Kier alpha value is -4.46. The Balaban J connectivity index is 0.00000242. The van der Waals surface area contributed by atoms with Crippen LogP contribution >= 0.6 is 11.3 Å². The zero-order chi connectivity index (χ0) is 24.3. The van der Waals surface area contributed by atoms with Crippen molar-refractivity contribution in [2.24, 2.45) is 0 Å². The molecule has 0 N–H and O–H groups in total. The van der Waals surface area contributed by atoms with Crippen LogP contribution in [0.1, 0.15) is 7.43 Å². The van der Waals surface area contributed by atoms with E-state index in [1.165, 1.54) is 74.7 Å². The topological polar surface area (TPSA) is 0 Å². The second-order valence-corrected chi connectivity index (χ2v) is 10.8. The van der Waals surface area contributed by atoms with Gasteiger partial charge in [-0.1, -0.05) is 123 Å². The van der Waals surface area contributed by atoms with Gasteiger partial charge in [-0.25, -0.2) is 0 Å². The molecule has 0 saturated carbocycles. The lowest BCUT2D eigenvalue weighted by Gasteiger charge is -2.12. The minimum absolute atomic E-state index is 0. The molecule has 0 amide bonds. The van der Waals surface area contributed by atoms with E-state index in [-0.39, 0.29) is 7.43 Å². The molecule has 38 heavy (non-hydrogen) atoms. The van der Waals surface area contributed by atoms with Crippen molar-refractivity contribution in [2.75, 3.05) is 0 Å². The quantitative estimate of drug-likeness (QED) is 0.206. The molecular weight excluding hydrogens is 476 g/mol. The molecule has 8 rings (SSSR count). The van der Waals surface area contributed by atoms with Gasteiger partial charge in [0.15, 0.2) is 0 Å². The van der Waals surface area contributed by atoms with E-state index < -0.39 is 0 Å². The SMILES string of the molecule is C.c1cc(-c2ccc3c4ccccc4c4ccccc4c3c2)cc(-c2cccc3c2sc2ccccc23)c1. The van der Waals surface area contributed by atoms with Crippen molar-refractivity contribution in [1.29, 1.82) is 0 Å². The van der Waals surface area contributed by atoms with Gasteiger partial charge < -0.3 is 0 Å². The molecule has 0 saturated heterocycles. The van der Waals surface area contributed by atoms with Crippen molar-refractivity contribution in [2.45, 2.75) is 7.43 Å². The summed E-state index contributed by atoms with van der Waals surface area (Å²) in [6, 6.07) is 49.0. The molecular formula is C37H26S. The van der Waals surface area contributed by atoms with Gasteiger partial charge in [-0.15, -0.1) is 11.3 Å². The standard InChI is InChI=1S/C36H22S.CH4/c1-2-13-29-27(11-1)28-12-3-4-14-30(28)34-22-24(19-20-31(29)34)23-9-7-10-25(21-23)26-16-8-17-33-32-15-5-6-18-35(32)37-36(26)33;/h1-22H;1H4. The first-order valence-corrected chi connectivity index (χ1v) is 13.5. The molecule has 0 spiro atoms. The summed E-state index contributed by atoms with van der Waals surface area (Å²) < 4.78 is 2.70. The lowest BCUT2D eigenvalue weighted by Crippen LogP contribution is -1.86. The number of benzene rings is 7. The summed E-state index contributed by atoms with van der Waals surface area (Å²) in [5, 5.41) is 10.6. The Labute approximate surface area is 226 Å². The van der Waals surface area contributed by atoms with Crippen molar-refractivity contribution >= 4 is 63.8 Å². The molecule has 0 atom stereocenters. The van der Waals surface area contributed by atoms with Gasteiger partial charge in [0.2, 0.25) is 0 Å². The Morgan fingerprint density at radius 2 is 0.868 bits per heavy atom. The maximum absolute atomic E-state index is 2.38. The Morgan fingerprint density at radius 3 is 1.61 bits per heavy atom. The first kappa shape index (κ1) is 22.7. The van der Waals surface area contributed by atoms with Crippen molar-refractivity contribution in [3.63, 3.8) is 0 Å². The van der Waals surface area contributed by atoms with Crippen LogP contribution in [0, 0.1) is 0 Å². The molecule has 1 heterocycles. The predicted octanol–water partition coefficient (Wildman–Crippen LogP) is 11.5. The molecule has 1 aromatic heterocycles. The van der Waals surface area contributed by atoms with Crippen LogP contribution in [0.3, 0.4) is 0 Å². The Kier molecular flexibility index (Phi) is 5.28. The van der Waals surface area contributed by atoms with Gasteiger partial charge in [-0.05, 0) is 72.8 Å². The van der Waals surface area contributed by atoms with Crippen LogP contribution in [0.4, 0.5) is 0 Å². The van der Waals surface area contributed by atoms with E-state index in [1.807, 2.05) is 11.3 Å². The summed E-state index contributed by atoms with van der Waals surface area (Å²) in [5.74, 6) is 0. The lowest BCUT2D eigenvalue weighted by molar-refractivity contribution is 1.63. The van der Waals surface area contributed by atoms with Crippen molar-refractivity contribution in [3.8, 4) is 22.3 Å². The number of hydrogen-bond acceptors (Lipinski definition) is 1. The van der Waals surface area contributed by atoms with Crippen LogP contribution < -0.4 is 0 Å². The summed E-state index contributed by atoms with van der Waals surface area (Å²) in [4.78, 5) is 0. The fourth-order valence-electron chi connectivity index (χ4n) is 5.93. The summed E-state index contributed by atoms with van der Waals surface area (Å²) in [6.45, 7) is 0. The Bertz CT molecular complexity index is 2110. The normalized spacial score (nSPS) is 11.5. The van der Waals surface area contributed by atoms with E-state index in [0.717, 1.165) is 0 Å². The molecule has 0 fully saturated rings. The van der Waals surface area contributed by atoms with Crippen molar-refractivity contribution in [1.82, 2.24) is 0 Å². The summed E-state index contributed by atoms with van der Waals surface area (Å²) >= 11 is 1.89. The molecule has 0 aliphatic carbocycles. The van der Waals surface area contributed by atoms with Gasteiger partial charge in [0.05, 0.1) is 0 Å². The van der Waals surface area contributed by atoms with Crippen molar-refractivity contribution < 1.29 is 0 Å². The largest absolute Gasteiger partial charge is 0.135 e. The molecule has 180 valence electrons. The molecule has 0 bridgehead atoms. The lowest BCUT2D eigenvalue weighted by atomic mass is 9.91. The van der Waals surface area contributed by atoms with E-state index in [9.17, 15) is 0 Å². The summed E-state index contributed by atoms with van der Waals surface area (Å²) in [5.41, 5.74) is 5.06. The van der Waals surface area contributed by atoms with E-state index in [2.05, 4.69) is 133 Å². The van der Waals surface area contributed by atoms with Gasteiger partial charge in [0.25, 0.3) is 0 Å². The molecule has 0 aliphatic heterocycles. The van der Waals surface area contributed by atoms with E-state index in [0.29, 0.717) is 0 Å². The van der Waals surface area contributed by atoms with Crippen molar-refractivity contribution in [3.05, 3.63) is 133 Å².